The van der Waals surface area contributed by atoms with Crippen molar-refractivity contribution in [1.29, 1.82) is 0 Å². The summed E-state index contributed by atoms with van der Waals surface area (Å²) < 4.78 is 9.98. The molecule has 0 saturated carbocycles. The molecule has 2 nitrogen and oxygen atoms in total. The number of hydrogen-bond donors (Lipinski definition) is 0. The predicted octanol–water partition coefficient (Wildman–Crippen LogP) is 26.9. The van der Waals surface area contributed by atoms with Crippen molar-refractivity contribution >= 4 is 69.7 Å². The van der Waals surface area contributed by atoms with Crippen LogP contribution in [0.25, 0.3) is 113 Å². The number of unbranched alkanes of at least 4 members (excludes halogenated alkanes) is 12. The van der Waals surface area contributed by atoms with Gasteiger partial charge < -0.3 is 0 Å². The molecule has 0 bridgehead atoms. The van der Waals surface area contributed by atoms with Crippen molar-refractivity contribution < 1.29 is 0 Å². The lowest BCUT2D eigenvalue weighted by molar-refractivity contribution is 0.401. The Morgan fingerprint density at radius 2 is 0.648 bits per heavy atom. The molecule has 2 aliphatic carbocycles. The van der Waals surface area contributed by atoms with Gasteiger partial charge in [0, 0.05) is 31.7 Å². The van der Waals surface area contributed by atoms with Crippen LogP contribution in [-0.2, 0) is 10.8 Å². The van der Waals surface area contributed by atoms with Gasteiger partial charge in [-0.05, 0) is 197 Å². The second-order valence-electron chi connectivity index (χ2n) is 26.0. The number of thiophene rings is 2. The molecule has 5 heteroatoms. The third-order valence-corrected chi connectivity index (χ3v) is 22.5. The van der Waals surface area contributed by atoms with Crippen molar-refractivity contribution in [2.45, 2.75) is 167 Å². The summed E-state index contributed by atoms with van der Waals surface area (Å²) in [4.78, 5) is 2.52. The zero-order valence-corrected chi connectivity index (χ0v) is 56.5. The van der Waals surface area contributed by atoms with E-state index in [1.165, 1.54) is 224 Å². The van der Waals surface area contributed by atoms with Gasteiger partial charge in [-0.25, -0.2) is 0 Å². The molecule has 91 heavy (non-hydrogen) atoms. The predicted molar refractivity (Wildman–Crippen MR) is 399 cm³/mol. The summed E-state index contributed by atoms with van der Waals surface area (Å²) in [5.41, 5.74) is 28.3. The standard InChI is InChI=1S/C86H88N2S3/c1-5-9-13-23-49-85(50-24-14-10-6-2)79-57-63(61-29-19-17-20-30-61)37-43-73(79)75-45-39-67(59-81(75)85)77-55-65(36-42-70-34-28-54-90-70)78(56-64(77)35-41-69-33-27-53-89-69)68-40-46-76-74-44-38-66(72-48-47-71(62-31-21-18-22-32-62)83-84(72)88-91-87-83)58-80(74)86(82(76)60-68,51-25-15-11-7-3)52-26-16-12-8-4/h17-22,27-48,53-60H,5-16,23-26,49-52H2,1-4H3/b41-35+,42-36+. The molecule has 0 amide bonds. The molecule has 8 aromatic carbocycles. The summed E-state index contributed by atoms with van der Waals surface area (Å²) in [6.07, 6.45) is 34.0. The first kappa shape index (κ1) is 62.3. The number of fused-ring (bicyclic) bond motifs is 7. The molecule has 460 valence electrons. The Hall–Kier alpha value is -7.54. The summed E-state index contributed by atoms with van der Waals surface area (Å²) in [6, 6.07) is 70.5. The van der Waals surface area contributed by atoms with Gasteiger partial charge in [-0.15, -0.1) is 22.7 Å². The number of benzene rings is 8. The first-order valence-electron chi connectivity index (χ1n) is 34.5. The van der Waals surface area contributed by atoms with Crippen LogP contribution in [0.2, 0.25) is 0 Å². The quantitative estimate of drug-likeness (QED) is 0.0437. The van der Waals surface area contributed by atoms with Crippen LogP contribution < -0.4 is 0 Å². The third kappa shape index (κ3) is 12.9. The van der Waals surface area contributed by atoms with Gasteiger partial charge in [-0.3, -0.25) is 0 Å². The molecule has 0 unspecified atom stereocenters. The van der Waals surface area contributed by atoms with Gasteiger partial charge in [0.05, 0.1) is 11.7 Å². The highest BCUT2D eigenvalue weighted by Crippen LogP contribution is 2.58. The van der Waals surface area contributed by atoms with Crippen molar-refractivity contribution in [3.05, 3.63) is 236 Å². The van der Waals surface area contributed by atoms with E-state index in [-0.39, 0.29) is 10.8 Å². The SMILES string of the molecule is CCCCCCC1(CCCCCC)c2cc(-c3ccccc3)ccc2-c2ccc(-c3cc(/C=C/c4cccs4)c(-c4ccc5c(c4)C(CCCCCC)(CCCCCC)c4cc(-c6ccc(-c7ccccc7)c7nsnc67)ccc4-5)cc3/C=C/c3cccs3)cc21. The fourth-order valence-corrected chi connectivity index (χ4v) is 17.3. The van der Waals surface area contributed by atoms with Crippen molar-refractivity contribution in [2.75, 3.05) is 0 Å². The van der Waals surface area contributed by atoms with E-state index in [0.717, 1.165) is 47.8 Å². The normalized spacial score (nSPS) is 13.6. The van der Waals surface area contributed by atoms with Crippen molar-refractivity contribution in [1.82, 2.24) is 8.75 Å². The van der Waals surface area contributed by atoms with E-state index in [1.807, 2.05) is 11.3 Å². The van der Waals surface area contributed by atoms with E-state index >= 15 is 0 Å². The van der Waals surface area contributed by atoms with E-state index in [4.69, 9.17) is 8.75 Å². The largest absolute Gasteiger partial charge is 0.172 e. The van der Waals surface area contributed by atoms with E-state index in [9.17, 15) is 0 Å². The summed E-state index contributed by atoms with van der Waals surface area (Å²) in [5, 5.41) is 4.40. The minimum absolute atomic E-state index is 0.0820. The van der Waals surface area contributed by atoms with Gasteiger partial charge in [0.1, 0.15) is 11.0 Å². The number of nitrogens with zero attached hydrogens (tertiary/aromatic N) is 2. The van der Waals surface area contributed by atoms with Crippen LogP contribution in [0.1, 0.15) is 199 Å². The monoisotopic (exact) mass is 1240 g/mol. The second-order valence-corrected chi connectivity index (χ2v) is 28.5. The van der Waals surface area contributed by atoms with Crippen molar-refractivity contribution in [3.63, 3.8) is 0 Å². The molecule has 13 rings (SSSR count). The Labute approximate surface area is 555 Å². The van der Waals surface area contributed by atoms with Crippen LogP contribution in [0.4, 0.5) is 0 Å². The van der Waals surface area contributed by atoms with Gasteiger partial charge in [-0.1, -0.05) is 276 Å². The van der Waals surface area contributed by atoms with Gasteiger partial charge in [-0.2, -0.15) is 8.75 Å². The molecule has 0 spiro atoms. The van der Waals surface area contributed by atoms with Gasteiger partial charge in [0.15, 0.2) is 0 Å². The third-order valence-electron chi connectivity index (χ3n) is 20.3. The van der Waals surface area contributed by atoms with Crippen LogP contribution in [0.5, 0.6) is 0 Å². The molecule has 11 aromatic rings. The number of hydrogen-bond acceptors (Lipinski definition) is 5. The molecule has 0 atom stereocenters. The van der Waals surface area contributed by atoms with E-state index in [1.54, 1.807) is 11.3 Å². The Bertz CT molecular complexity index is 4270. The number of rotatable bonds is 29. The lowest BCUT2D eigenvalue weighted by Crippen LogP contribution is -2.25. The molecule has 0 fully saturated rings. The average Bonchev–Trinajstić information content (AvgIpc) is 1.60. The Kier molecular flexibility index (Phi) is 19.8. The Balaban J connectivity index is 0.984. The lowest BCUT2D eigenvalue weighted by Gasteiger charge is -2.34. The zero-order chi connectivity index (χ0) is 62.0. The van der Waals surface area contributed by atoms with Gasteiger partial charge >= 0.3 is 0 Å². The topological polar surface area (TPSA) is 25.8 Å². The van der Waals surface area contributed by atoms with Crippen LogP contribution in [0, 0.1) is 0 Å². The maximum Gasteiger partial charge on any atom is 0.113 e. The summed E-state index contributed by atoms with van der Waals surface area (Å²) >= 11 is 4.94. The van der Waals surface area contributed by atoms with Crippen molar-refractivity contribution in [3.8, 4) is 77.9 Å². The molecule has 0 saturated heterocycles. The average molecular weight is 1250 g/mol. The van der Waals surface area contributed by atoms with Crippen LogP contribution >= 0.6 is 34.4 Å². The smallest absolute Gasteiger partial charge is 0.113 e. The summed E-state index contributed by atoms with van der Waals surface area (Å²) in [5.74, 6) is 0. The van der Waals surface area contributed by atoms with E-state index < -0.39 is 0 Å². The Morgan fingerprint density at radius 1 is 0.297 bits per heavy atom. The van der Waals surface area contributed by atoms with E-state index in [2.05, 4.69) is 245 Å². The number of aromatic nitrogens is 2. The highest BCUT2D eigenvalue weighted by molar-refractivity contribution is 7.11. The molecule has 0 N–H and O–H groups in total. The molecule has 3 heterocycles. The molecule has 0 radical (unpaired) electrons. The summed E-state index contributed by atoms with van der Waals surface area (Å²) in [6.45, 7) is 9.39. The van der Waals surface area contributed by atoms with Crippen molar-refractivity contribution in [2.24, 2.45) is 0 Å². The second kappa shape index (κ2) is 29.0. The minimum Gasteiger partial charge on any atom is -0.172 e. The molecule has 2 aliphatic rings. The summed E-state index contributed by atoms with van der Waals surface area (Å²) in [7, 11) is 0. The Morgan fingerprint density at radius 3 is 1.03 bits per heavy atom. The molecule has 0 aliphatic heterocycles. The minimum atomic E-state index is -0.153. The first-order valence-corrected chi connectivity index (χ1v) is 37.0. The fourth-order valence-electron chi connectivity index (χ4n) is 15.5. The maximum absolute atomic E-state index is 5.03. The van der Waals surface area contributed by atoms with Gasteiger partial charge in [0.2, 0.25) is 0 Å². The highest BCUT2D eigenvalue weighted by atomic mass is 32.1. The van der Waals surface area contributed by atoms with E-state index in [0.29, 0.717) is 0 Å². The fraction of sp³-hybridized carbons (Fsp3) is 0.302. The van der Waals surface area contributed by atoms with Crippen LogP contribution in [0.3, 0.4) is 0 Å². The van der Waals surface area contributed by atoms with Gasteiger partial charge in [0.25, 0.3) is 0 Å². The maximum atomic E-state index is 5.03. The zero-order valence-electron chi connectivity index (χ0n) is 54.0. The highest BCUT2D eigenvalue weighted by Gasteiger charge is 2.44. The van der Waals surface area contributed by atoms with Crippen LogP contribution in [-0.4, -0.2) is 8.75 Å². The van der Waals surface area contributed by atoms with Crippen LogP contribution in [0.15, 0.2) is 193 Å². The first-order chi connectivity index (χ1) is 44.9. The molecule has 3 aromatic heterocycles. The molecular weight excluding hydrogens is 1160 g/mol. The lowest BCUT2D eigenvalue weighted by atomic mass is 9.69. The molecular formula is C86H88N2S3.